The molecule has 156 valence electrons. The molecule has 0 aliphatic carbocycles. The second kappa shape index (κ2) is 8.53. The first-order valence-electron chi connectivity index (χ1n) is 10.3. The fraction of sp³-hybridized carbons (Fsp3) is 0.348. The normalized spacial score (nSPS) is 15.9. The molecular formula is C23H27N4O2S+. The van der Waals surface area contributed by atoms with E-state index < -0.39 is 0 Å². The highest BCUT2D eigenvalue weighted by Gasteiger charge is 2.29. The number of anilines is 1. The fourth-order valence-corrected chi connectivity index (χ4v) is 4.90. The van der Waals surface area contributed by atoms with E-state index in [1.54, 1.807) is 18.3 Å². The maximum absolute atomic E-state index is 12.7. The van der Waals surface area contributed by atoms with Crippen LogP contribution in [0.1, 0.15) is 19.4 Å². The summed E-state index contributed by atoms with van der Waals surface area (Å²) in [5, 5.41) is 4.01. The Morgan fingerprint density at radius 3 is 2.50 bits per heavy atom. The van der Waals surface area contributed by atoms with Gasteiger partial charge in [-0.25, -0.2) is 4.98 Å². The van der Waals surface area contributed by atoms with Crippen molar-refractivity contribution in [2.45, 2.75) is 26.8 Å². The number of fused-ring (bicyclic) bond motifs is 1. The smallest absolute Gasteiger partial charge is 0.282 e. The molecule has 0 radical (unpaired) electrons. The molecule has 0 saturated carbocycles. The number of piperazine rings is 1. The lowest BCUT2D eigenvalue weighted by atomic mass is 10.2. The summed E-state index contributed by atoms with van der Waals surface area (Å²) in [6.45, 7) is 8.64. The van der Waals surface area contributed by atoms with Gasteiger partial charge < -0.3 is 15.1 Å². The number of rotatable bonds is 4. The van der Waals surface area contributed by atoms with Crippen LogP contribution in [0.5, 0.6) is 0 Å². The molecular weight excluding hydrogens is 396 g/mol. The molecule has 4 rings (SSSR count). The van der Waals surface area contributed by atoms with Crippen LogP contribution in [0, 0.1) is 6.92 Å². The third-order valence-electron chi connectivity index (χ3n) is 5.80. The minimum atomic E-state index is -0.161. The van der Waals surface area contributed by atoms with Crippen molar-refractivity contribution in [1.29, 1.82) is 0 Å². The lowest BCUT2D eigenvalue weighted by Crippen LogP contribution is -3.19. The number of nitrogens with one attached hydrogen (secondary N) is 2. The Morgan fingerprint density at radius 1 is 1.13 bits per heavy atom. The van der Waals surface area contributed by atoms with Gasteiger partial charge in [-0.15, -0.1) is 11.3 Å². The molecule has 2 heterocycles. The standard InChI is InChI=1S/C23H26N4O2S/c1-15-4-9-20-21(14-15)30-23(25-20)18-5-7-19(8-6-18)24-22(29)16(2)26-10-12-27(13-11-26)17(3)28/h4-9,14,16H,10-13H2,1-3H3,(H,24,29)/p+1/t16-/m1/s1. The number of nitrogens with zero attached hydrogens (tertiary/aromatic N) is 2. The molecule has 0 bridgehead atoms. The Balaban J connectivity index is 1.39. The summed E-state index contributed by atoms with van der Waals surface area (Å²) in [5.41, 5.74) is 4.08. The number of amides is 2. The molecule has 2 N–H and O–H groups in total. The summed E-state index contributed by atoms with van der Waals surface area (Å²) in [5.74, 6) is 0.110. The Bertz CT molecular complexity index is 1070. The zero-order chi connectivity index (χ0) is 21.3. The topological polar surface area (TPSA) is 66.7 Å². The van der Waals surface area contributed by atoms with Crippen LogP contribution in [0.3, 0.4) is 0 Å². The van der Waals surface area contributed by atoms with Gasteiger partial charge in [0.1, 0.15) is 5.01 Å². The van der Waals surface area contributed by atoms with Crippen molar-refractivity contribution >= 4 is 39.1 Å². The lowest BCUT2D eigenvalue weighted by Gasteiger charge is -2.34. The molecule has 3 aromatic rings. The Morgan fingerprint density at radius 2 is 1.83 bits per heavy atom. The minimum Gasteiger partial charge on any atom is -0.332 e. The van der Waals surface area contributed by atoms with Crippen LogP contribution in [-0.2, 0) is 9.59 Å². The van der Waals surface area contributed by atoms with E-state index >= 15 is 0 Å². The van der Waals surface area contributed by atoms with Gasteiger partial charge in [0.25, 0.3) is 5.91 Å². The van der Waals surface area contributed by atoms with E-state index in [9.17, 15) is 9.59 Å². The number of hydrogen-bond acceptors (Lipinski definition) is 4. The van der Waals surface area contributed by atoms with Crippen molar-refractivity contribution in [2.24, 2.45) is 0 Å². The second-order valence-corrected chi connectivity index (χ2v) is 8.97. The maximum Gasteiger partial charge on any atom is 0.282 e. The molecule has 0 spiro atoms. The van der Waals surface area contributed by atoms with Gasteiger partial charge in [0.05, 0.1) is 36.4 Å². The number of benzene rings is 2. The van der Waals surface area contributed by atoms with Gasteiger partial charge >= 0.3 is 0 Å². The zero-order valence-electron chi connectivity index (χ0n) is 17.6. The molecule has 1 fully saturated rings. The number of aromatic nitrogens is 1. The molecule has 30 heavy (non-hydrogen) atoms. The predicted octanol–water partition coefficient (Wildman–Crippen LogP) is 2.35. The number of hydrogen-bond donors (Lipinski definition) is 2. The molecule has 1 atom stereocenters. The van der Waals surface area contributed by atoms with Crippen molar-refractivity contribution < 1.29 is 14.5 Å². The first-order valence-corrected chi connectivity index (χ1v) is 11.1. The van der Waals surface area contributed by atoms with Gasteiger partial charge in [-0.3, -0.25) is 9.59 Å². The number of quaternary nitrogens is 1. The molecule has 2 aromatic carbocycles. The average molecular weight is 424 g/mol. The van der Waals surface area contributed by atoms with Crippen LogP contribution in [-0.4, -0.2) is 53.9 Å². The van der Waals surface area contributed by atoms with Crippen molar-refractivity contribution in [3.8, 4) is 10.6 Å². The zero-order valence-corrected chi connectivity index (χ0v) is 18.4. The summed E-state index contributed by atoms with van der Waals surface area (Å²) in [7, 11) is 0. The Kier molecular flexibility index (Phi) is 5.83. The minimum absolute atomic E-state index is 0.00415. The van der Waals surface area contributed by atoms with Gasteiger partial charge in [-0.1, -0.05) is 6.07 Å². The fourth-order valence-electron chi connectivity index (χ4n) is 3.83. The van der Waals surface area contributed by atoms with E-state index in [4.69, 9.17) is 4.98 Å². The number of carbonyl (C=O) groups is 2. The molecule has 6 nitrogen and oxygen atoms in total. The summed E-state index contributed by atoms with van der Waals surface area (Å²) in [6.07, 6.45) is 0. The number of carbonyl (C=O) groups excluding carboxylic acids is 2. The van der Waals surface area contributed by atoms with E-state index in [2.05, 4.69) is 30.4 Å². The molecule has 2 amide bonds. The van der Waals surface area contributed by atoms with E-state index in [1.807, 2.05) is 36.1 Å². The van der Waals surface area contributed by atoms with Gasteiger partial charge in [-0.05, 0) is 55.8 Å². The maximum atomic E-state index is 12.7. The van der Waals surface area contributed by atoms with Gasteiger partial charge in [0, 0.05) is 18.2 Å². The SMILES string of the molecule is CC(=O)N1CC[NH+]([C@H](C)C(=O)Nc2ccc(-c3nc4ccc(C)cc4s3)cc2)CC1. The average Bonchev–Trinajstić information content (AvgIpc) is 3.17. The summed E-state index contributed by atoms with van der Waals surface area (Å²) in [6, 6.07) is 14.0. The van der Waals surface area contributed by atoms with Gasteiger partial charge in [-0.2, -0.15) is 0 Å². The predicted molar refractivity (Wildman–Crippen MR) is 121 cm³/mol. The highest BCUT2D eigenvalue weighted by molar-refractivity contribution is 7.21. The molecule has 1 aliphatic rings. The van der Waals surface area contributed by atoms with E-state index in [0.29, 0.717) is 13.1 Å². The van der Waals surface area contributed by atoms with Crippen molar-refractivity contribution in [2.75, 3.05) is 31.5 Å². The molecule has 1 saturated heterocycles. The van der Waals surface area contributed by atoms with Crippen molar-refractivity contribution in [1.82, 2.24) is 9.88 Å². The quantitative estimate of drug-likeness (QED) is 0.677. The monoisotopic (exact) mass is 423 g/mol. The summed E-state index contributed by atoms with van der Waals surface area (Å²) >= 11 is 1.68. The largest absolute Gasteiger partial charge is 0.332 e. The lowest BCUT2D eigenvalue weighted by molar-refractivity contribution is -0.917. The first-order chi connectivity index (χ1) is 14.4. The van der Waals surface area contributed by atoms with Crippen molar-refractivity contribution in [3.63, 3.8) is 0 Å². The molecule has 1 aromatic heterocycles. The number of aryl methyl sites for hydroxylation is 1. The molecule has 7 heteroatoms. The van der Waals surface area contributed by atoms with Gasteiger partial charge in [0.2, 0.25) is 5.91 Å². The number of thiazole rings is 1. The van der Waals surface area contributed by atoms with E-state index in [1.165, 1.54) is 15.2 Å². The third kappa shape index (κ3) is 4.37. The van der Waals surface area contributed by atoms with Crippen LogP contribution in [0.2, 0.25) is 0 Å². The van der Waals surface area contributed by atoms with Crippen LogP contribution in [0.25, 0.3) is 20.8 Å². The van der Waals surface area contributed by atoms with E-state index in [-0.39, 0.29) is 17.9 Å². The third-order valence-corrected chi connectivity index (χ3v) is 6.87. The Labute approximate surface area is 180 Å². The van der Waals surface area contributed by atoms with E-state index in [0.717, 1.165) is 34.9 Å². The summed E-state index contributed by atoms with van der Waals surface area (Å²) < 4.78 is 1.18. The molecule has 0 unspecified atom stereocenters. The Hall–Kier alpha value is -2.77. The van der Waals surface area contributed by atoms with Crippen LogP contribution in [0.15, 0.2) is 42.5 Å². The van der Waals surface area contributed by atoms with Crippen LogP contribution < -0.4 is 10.2 Å². The summed E-state index contributed by atoms with van der Waals surface area (Å²) in [4.78, 5) is 32.0. The van der Waals surface area contributed by atoms with Crippen LogP contribution >= 0.6 is 11.3 Å². The first kappa shape index (κ1) is 20.5. The molecule has 1 aliphatic heterocycles. The highest BCUT2D eigenvalue weighted by atomic mass is 32.1. The van der Waals surface area contributed by atoms with Gasteiger partial charge in [0.15, 0.2) is 6.04 Å². The highest BCUT2D eigenvalue weighted by Crippen LogP contribution is 2.31. The van der Waals surface area contributed by atoms with Crippen LogP contribution in [0.4, 0.5) is 5.69 Å². The second-order valence-electron chi connectivity index (χ2n) is 7.94. The van der Waals surface area contributed by atoms with Crippen molar-refractivity contribution in [3.05, 3.63) is 48.0 Å².